The largest absolute Gasteiger partial charge is 0.480 e. The number of aliphatic hydroxyl groups is 1. The predicted molar refractivity (Wildman–Crippen MR) is 56.1 cm³/mol. The number of aliphatic carboxylic acids is 1. The van der Waals surface area contributed by atoms with Gasteiger partial charge in [0.15, 0.2) is 6.04 Å². The Labute approximate surface area is 92.5 Å². The maximum atomic E-state index is 11.7. The summed E-state index contributed by atoms with van der Waals surface area (Å²) >= 11 is 0. The van der Waals surface area contributed by atoms with Crippen LogP contribution in [0.2, 0.25) is 0 Å². The van der Waals surface area contributed by atoms with Gasteiger partial charge in [0.25, 0.3) is 5.91 Å². The summed E-state index contributed by atoms with van der Waals surface area (Å²) in [7, 11) is 0. The summed E-state index contributed by atoms with van der Waals surface area (Å²) in [6, 6.07) is 2.02. The number of aryl methyl sites for hydroxylation is 1. The van der Waals surface area contributed by atoms with Gasteiger partial charge in [-0.25, -0.2) is 4.79 Å². The molecule has 0 fully saturated rings. The van der Waals surface area contributed by atoms with Gasteiger partial charge in [0.1, 0.15) is 5.69 Å². The van der Waals surface area contributed by atoms with Crippen molar-refractivity contribution in [3.05, 3.63) is 24.0 Å². The van der Waals surface area contributed by atoms with Crippen molar-refractivity contribution in [3.63, 3.8) is 0 Å². The lowest BCUT2D eigenvalue weighted by Gasteiger charge is -2.12. The highest BCUT2D eigenvalue weighted by atomic mass is 16.4. The van der Waals surface area contributed by atoms with Crippen LogP contribution in [0.15, 0.2) is 18.3 Å². The number of rotatable bonds is 5. The number of carbonyl (C=O) groups excluding carboxylic acids is 1. The first-order chi connectivity index (χ1) is 7.60. The first-order valence-electron chi connectivity index (χ1n) is 4.89. The maximum Gasteiger partial charge on any atom is 0.328 e. The second kappa shape index (κ2) is 5.32. The minimum atomic E-state index is -1.27. The van der Waals surface area contributed by atoms with Gasteiger partial charge in [-0.3, -0.25) is 4.79 Å². The topological polar surface area (TPSA) is 91.6 Å². The molecule has 1 aromatic rings. The lowest BCUT2D eigenvalue weighted by atomic mass is 10.3. The molecule has 0 bridgehead atoms. The van der Waals surface area contributed by atoms with E-state index < -0.39 is 24.5 Å². The van der Waals surface area contributed by atoms with Gasteiger partial charge in [0.2, 0.25) is 0 Å². The zero-order valence-electron chi connectivity index (χ0n) is 8.88. The fourth-order valence-electron chi connectivity index (χ4n) is 1.31. The van der Waals surface area contributed by atoms with Crippen molar-refractivity contribution in [1.82, 2.24) is 9.88 Å². The molecule has 1 amide bonds. The molecule has 88 valence electrons. The molecule has 1 heterocycles. The molecule has 6 nitrogen and oxygen atoms in total. The van der Waals surface area contributed by atoms with Crippen molar-refractivity contribution in [2.75, 3.05) is 6.61 Å². The molecule has 0 aliphatic carbocycles. The van der Waals surface area contributed by atoms with Gasteiger partial charge in [-0.15, -0.1) is 0 Å². The van der Waals surface area contributed by atoms with Gasteiger partial charge in [0.05, 0.1) is 6.61 Å². The Morgan fingerprint density at radius 3 is 2.75 bits per heavy atom. The van der Waals surface area contributed by atoms with Crippen LogP contribution in [0.3, 0.4) is 0 Å². The molecule has 0 saturated heterocycles. The SMILES string of the molecule is CCn1cccc1C(=O)NC(CO)C(=O)O. The number of hydrogen-bond acceptors (Lipinski definition) is 3. The van der Waals surface area contributed by atoms with Crippen molar-refractivity contribution in [1.29, 1.82) is 0 Å². The monoisotopic (exact) mass is 226 g/mol. The summed E-state index contributed by atoms with van der Waals surface area (Å²) in [5, 5.41) is 19.7. The van der Waals surface area contributed by atoms with E-state index >= 15 is 0 Å². The standard InChI is InChI=1S/C10H14N2O4/c1-2-12-5-3-4-8(12)9(14)11-7(6-13)10(15)16/h3-5,7,13H,2,6H2,1H3,(H,11,14)(H,15,16). The Hall–Kier alpha value is -1.82. The lowest BCUT2D eigenvalue weighted by molar-refractivity contribution is -0.140. The highest BCUT2D eigenvalue weighted by molar-refractivity contribution is 5.95. The summed E-state index contributed by atoms with van der Waals surface area (Å²) in [4.78, 5) is 22.3. The molecule has 0 spiro atoms. The van der Waals surface area contributed by atoms with Crippen LogP contribution >= 0.6 is 0 Å². The van der Waals surface area contributed by atoms with Crippen LogP contribution < -0.4 is 5.32 Å². The smallest absolute Gasteiger partial charge is 0.328 e. The van der Waals surface area contributed by atoms with Gasteiger partial charge >= 0.3 is 5.97 Å². The second-order valence-electron chi connectivity index (χ2n) is 3.23. The zero-order chi connectivity index (χ0) is 12.1. The molecule has 1 unspecified atom stereocenters. The molecule has 0 aromatic carbocycles. The van der Waals surface area contributed by atoms with Crippen LogP contribution in [0.1, 0.15) is 17.4 Å². The lowest BCUT2D eigenvalue weighted by Crippen LogP contribution is -2.43. The fraction of sp³-hybridized carbons (Fsp3) is 0.400. The van der Waals surface area contributed by atoms with E-state index in [0.29, 0.717) is 12.2 Å². The minimum absolute atomic E-state index is 0.377. The van der Waals surface area contributed by atoms with E-state index in [2.05, 4.69) is 5.32 Å². The summed E-state index contributed by atoms with van der Waals surface area (Å²) in [6.45, 7) is 1.86. The molecule has 1 aromatic heterocycles. The number of aromatic nitrogens is 1. The van der Waals surface area contributed by atoms with E-state index in [1.807, 2.05) is 6.92 Å². The van der Waals surface area contributed by atoms with Gasteiger partial charge < -0.3 is 20.1 Å². The van der Waals surface area contributed by atoms with E-state index in [-0.39, 0.29) is 0 Å². The molecule has 1 atom stereocenters. The van der Waals surface area contributed by atoms with Gasteiger partial charge in [-0.1, -0.05) is 0 Å². The molecule has 1 rings (SSSR count). The number of nitrogens with zero attached hydrogens (tertiary/aromatic N) is 1. The minimum Gasteiger partial charge on any atom is -0.480 e. The van der Waals surface area contributed by atoms with Crippen molar-refractivity contribution in [2.24, 2.45) is 0 Å². The Bertz CT molecular complexity index is 386. The Kier molecular flexibility index (Phi) is 4.07. The number of carbonyl (C=O) groups is 2. The Morgan fingerprint density at radius 1 is 1.56 bits per heavy atom. The first kappa shape index (κ1) is 12.3. The van der Waals surface area contributed by atoms with E-state index in [9.17, 15) is 9.59 Å². The first-order valence-corrected chi connectivity index (χ1v) is 4.89. The number of aliphatic hydroxyl groups excluding tert-OH is 1. The maximum absolute atomic E-state index is 11.7. The molecule has 0 saturated carbocycles. The van der Waals surface area contributed by atoms with E-state index in [1.165, 1.54) is 0 Å². The average molecular weight is 226 g/mol. The van der Waals surface area contributed by atoms with Gasteiger partial charge in [-0.2, -0.15) is 0 Å². The van der Waals surface area contributed by atoms with Crippen LogP contribution in [-0.4, -0.2) is 39.3 Å². The summed E-state index contributed by atoms with van der Waals surface area (Å²) in [5.74, 6) is -1.77. The van der Waals surface area contributed by atoms with Crippen LogP contribution in [0.25, 0.3) is 0 Å². The van der Waals surface area contributed by atoms with Crippen molar-refractivity contribution in [3.8, 4) is 0 Å². The van der Waals surface area contributed by atoms with Crippen LogP contribution in [0.5, 0.6) is 0 Å². The molecule has 3 N–H and O–H groups in total. The van der Waals surface area contributed by atoms with E-state index in [4.69, 9.17) is 10.2 Å². The quantitative estimate of drug-likeness (QED) is 0.641. The summed E-state index contributed by atoms with van der Waals surface area (Å²) in [6.07, 6.45) is 1.73. The number of carboxylic acid groups (broad SMARTS) is 1. The van der Waals surface area contributed by atoms with Crippen LogP contribution in [0, 0.1) is 0 Å². The van der Waals surface area contributed by atoms with Gasteiger partial charge in [0, 0.05) is 12.7 Å². The highest BCUT2D eigenvalue weighted by Gasteiger charge is 2.20. The van der Waals surface area contributed by atoms with Gasteiger partial charge in [-0.05, 0) is 19.1 Å². The third-order valence-electron chi connectivity index (χ3n) is 2.19. The number of hydrogen-bond donors (Lipinski definition) is 3. The molecular formula is C10H14N2O4. The molecule has 0 radical (unpaired) electrons. The number of carboxylic acids is 1. The molecule has 0 aliphatic rings. The molecule has 16 heavy (non-hydrogen) atoms. The Balaban J connectivity index is 2.75. The van der Waals surface area contributed by atoms with Crippen molar-refractivity contribution >= 4 is 11.9 Å². The molecule has 6 heteroatoms. The van der Waals surface area contributed by atoms with E-state index in [1.54, 1.807) is 22.9 Å². The summed E-state index contributed by atoms with van der Waals surface area (Å²) in [5.41, 5.74) is 0.377. The fourth-order valence-corrected chi connectivity index (χ4v) is 1.31. The molecular weight excluding hydrogens is 212 g/mol. The molecule has 0 aliphatic heterocycles. The number of amides is 1. The average Bonchev–Trinajstić information content (AvgIpc) is 2.72. The van der Waals surface area contributed by atoms with Crippen molar-refractivity contribution < 1.29 is 19.8 Å². The Morgan fingerprint density at radius 2 is 2.25 bits per heavy atom. The van der Waals surface area contributed by atoms with Crippen molar-refractivity contribution in [2.45, 2.75) is 19.5 Å². The normalized spacial score (nSPS) is 12.1. The van der Waals surface area contributed by atoms with Crippen LogP contribution in [-0.2, 0) is 11.3 Å². The second-order valence-corrected chi connectivity index (χ2v) is 3.23. The summed E-state index contributed by atoms with van der Waals surface area (Å²) < 4.78 is 1.69. The zero-order valence-corrected chi connectivity index (χ0v) is 8.88. The van der Waals surface area contributed by atoms with E-state index in [0.717, 1.165) is 0 Å². The predicted octanol–water partition coefficient (Wildman–Crippen LogP) is -0.317. The third-order valence-corrected chi connectivity index (χ3v) is 2.19. The number of nitrogens with one attached hydrogen (secondary N) is 1. The third kappa shape index (κ3) is 2.60. The highest BCUT2D eigenvalue weighted by Crippen LogP contribution is 2.02. The van der Waals surface area contributed by atoms with Crippen LogP contribution in [0.4, 0.5) is 0 Å².